The number of aromatic nitrogens is 2. The van der Waals surface area contributed by atoms with E-state index in [1.54, 1.807) is 6.20 Å². The highest BCUT2D eigenvalue weighted by Crippen LogP contribution is 2.22. The molecule has 3 aromatic rings. The van der Waals surface area contributed by atoms with Crippen molar-refractivity contribution < 1.29 is 4.79 Å². The molecule has 0 aliphatic rings. The highest BCUT2D eigenvalue weighted by Gasteiger charge is 2.13. The van der Waals surface area contributed by atoms with Gasteiger partial charge in [-0.05, 0) is 37.5 Å². The standard InChI is InChI=1S/C21H22N4O/c1-14-8-7-9-15(2)20(14)25-19-13-22-18(12-23-19)21(26)24-16(3)17-10-5-4-6-11-17/h4-13,16H,1-3H3,(H,23,25)(H,24,26). The maximum atomic E-state index is 12.4. The van der Waals surface area contributed by atoms with Gasteiger partial charge in [0.25, 0.3) is 5.91 Å². The maximum Gasteiger partial charge on any atom is 0.271 e. The third-order valence-corrected chi connectivity index (χ3v) is 4.27. The van der Waals surface area contributed by atoms with Gasteiger partial charge < -0.3 is 10.6 Å². The molecule has 1 aromatic heterocycles. The first-order valence-corrected chi connectivity index (χ1v) is 8.55. The van der Waals surface area contributed by atoms with Crippen LogP contribution in [0.3, 0.4) is 0 Å². The smallest absolute Gasteiger partial charge is 0.271 e. The first kappa shape index (κ1) is 17.6. The fourth-order valence-corrected chi connectivity index (χ4v) is 2.75. The van der Waals surface area contributed by atoms with E-state index in [9.17, 15) is 4.79 Å². The number of amides is 1. The number of carbonyl (C=O) groups excluding carboxylic acids is 1. The zero-order valence-corrected chi connectivity index (χ0v) is 15.2. The van der Waals surface area contributed by atoms with Gasteiger partial charge in [0.1, 0.15) is 11.5 Å². The number of anilines is 2. The van der Waals surface area contributed by atoms with Crippen LogP contribution in [0.4, 0.5) is 11.5 Å². The van der Waals surface area contributed by atoms with Gasteiger partial charge in [0.15, 0.2) is 0 Å². The van der Waals surface area contributed by atoms with Crippen molar-refractivity contribution in [2.45, 2.75) is 26.8 Å². The van der Waals surface area contributed by atoms with Crippen molar-refractivity contribution in [1.82, 2.24) is 15.3 Å². The van der Waals surface area contributed by atoms with Crippen molar-refractivity contribution in [3.05, 3.63) is 83.3 Å². The molecule has 1 amide bonds. The van der Waals surface area contributed by atoms with Crippen LogP contribution >= 0.6 is 0 Å². The largest absolute Gasteiger partial charge is 0.344 e. The molecule has 0 saturated carbocycles. The molecular formula is C21H22N4O. The summed E-state index contributed by atoms with van der Waals surface area (Å²) >= 11 is 0. The molecule has 1 unspecified atom stereocenters. The molecule has 1 atom stereocenters. The summed E-state index contributed by atoms with van der Waals surface area (Å²) in [4.78, 5) is 20.9. The Morgan fingerprint density at radius 3 is 2.23 bits per heavy atom. The molecule has 0 aliphatic carbocycles. The molecule has 0 bridgehead atoms. The number of para-hydroxylation sites is 1. The summed E-state index contributed by atoms with van der Waals surface area (Å²) in [6.07, 6.45) is 3.07. The van der Waals surface area contributed by atoms with Gasteiger partial charge in [-0.2, -0.15) is 0 Å². The molecular weight excluding hydrogens is 324 g/mol. The van der Waals surface area contributed by atoms with Crippen LogP contribution in [-0.4, -0.2) is 15.9 Å². The molecule has 1 heterocycles. The highest BCUT2D eigenvalue weighted by atomic mass is 16.1. The molecule has 0 radical (unpaired) electrons. The lowest BCUT2D eigenvalue weighted by Gasteiger charge is -2.14. The fourth-order valence-electron chi connectivity index (χ4n) is 2.75. The number of aryl methyl sites for hydroxylation is 2. The van der Waals surface area contributed by atoms with Crippen molar-refractivity contribution in [3.8, 4) is 0 Å². The van der Waals surface area contributed by atoms with E-state index < -0.39 is 0 Å². The lowest BCUT2D eigenvalue weighted by Crippen LogP contribution is -2.27. The normalized spacial score (nSPS) is 11.7. The minimum atomic E-state index is -0.243. The predicted octanol–water partition coefficient (Wildman–Crippen LogP) is 4.33. The Bertz CT molecular complexity index is 871. The Kier molecular flexibility index (Phi) is 5.27. The van der Waals surface area contributed by atoms with Crippen molar-refractivity contribution in [1.29, 1.82) is 0 Å². The maximum absolute atomic E-state index is 12.4. The van der Waals surface area contributed by atoms with Crippen LogP contribution in [-0.2, 0) is 0 Å². The van der Waals surface area contributed by atoms with Crippen molar-refractivity contribution >= 4 is 17.4 Å². The monoisotopic (exact) mass is 346 g/mol. The van der Waals surface area contributed by atoms with Gasteiger partial charge in [0.2, 0.25) is 0 Å². The van der Waals surface area contributed by atoms with Crippen LogP contribution in [0.5, 0.6) is 0 Å². The lowest BCUT2D eigenvalue weighted by molar-refractivity contribution is 0.0934. The Morgan fingerprint density at radius 1 is 0.923 bits per heavy atom. The van der Waals surface area contributed by atoms with E-state index in [0.29, 0.717) is 11.5 Å². The summed E-state index contributed by atoms with van der Waals surface area (Å²) in [6.45, 7) is 6.02. The SMILES string of the molecule is Cc1cccc(C)c1Nc1cnc(C(=O)NC(C)c2ccccc2)cn1. The van der Waals surface area contributed by atoms with Crippen LogP contribution in [0.2, 0.25) is 0 Å². The third-order valence-electron chi connectivity index (χ3n) is 4.27. The second-order valence-electron chi connectivity index (χ2n) is 6.28. The number of nitrogens with one attached hydrogen (secondary N) is 2. The average Bonchev–Trinajstić information content (AvgIpc) is 2.66. The van der Waals surface area contributed by atoms with E-state index in [1.165, 1.54) is 6.20 Å². The van der Waals surface area contributed by atoms with E-state index in [1.807, 2.05) is 69.3 Å². The van der Waals surface area contributed by atoms with Crippen molar-refractivity contribution in [2.24, 2.45) is 0 Å². The number of nitrogens with zero attached hydrogens (tertiary/aromatic N) is 2. The van der Waals surface area contributed by atoms with Crippen LogP contribution in [0.15, 0.2) is 60.9 Å². The summed E-state index contributed by atoms with van der Waals surface area (Å²) in [5.41, 5.74) is 4.61. The zero-order chi connectivity index (χ0) is 18.5. The number of hydrogen-bond acceptors (Lipinski definition) is 4. The average molecular weight is 346 g/mol. The number of hydrogen-bond donors (Lipinski definition) is 2. The molecule has 0 fully saturated rings. The number of carbonyl (C=O) groups is 1. The second-order valence-corrected chi connectivity index (χ2v) is 6.28. The minimum absolute atomic E-state index is 0.0991. The van der Waals surface area contributed by atoms with Gasteiger partial charge in [-0.25, -0.2) is 9.97 Å². The quantitative estimate of drug-likeness (QED) is 0.722. The van der Waals surface area contributed by atoms with Crippen LogP contribution in [0, 0.1) is 13.8 Å². The van der Waals surface area contributed by atoms with Gasteiger partial charge in [0.05, 0.1) is 18.4 Å². The van der Waals surface area contributed by atoms with E-state index in [0.717, 1.165) is 22.4 Å². The van der Waals surface area contributed by atoms with Crippen LogP contribution in [0.1, 0.15) is 40.1 Å². The number of rotatable bonds is 5. The Balaban J connectivity index is 1.68. The van der Waals surface area contributed by atoms with E-state index in [2.05, 4.69) is 20.6 Å². The van der Waals surface area contributed by atoms with Crippen molar-refractivity contribution in [2.75, 3.05) is 5.32 Å². The van der Waals surface area contributed by atoms with Crippen molar-refractivity contribution in [3.63, 3.8) is 0 Å². The summed E-state index contributed by atoms with van der Waals surface area (Å²) < 4.78 is 0. The lowest BCUT2D eigenvalue weighted by atomic mass is 10.1. The highest BCUT2D eigenvalue weighted by molar-refractivity contribution is 5.92. The third kappa shape index (κ3) is 4.06. The summed E-state index contributed by atoms with van der Waals surface area (Å²) in [5.74, 6) is 0.363. The molecule has 0 saturated heterocycles. The Hall–Kier alpha value is -3.21. The molecule has 5 nitrogen and oxygen atoms in total. The molecule has 0 aliphatic heterocycles. The summed E-state index contributed by atoms with van der Waals surface area (Å²) in [5, 5.41) is 6.21. The first-order valence-electron chi connectivity index (χ1n) is 8.55. The zero-order valence-electron chi connectivity index (χ0n) is 15.2. The molecule has 5 heteroatoms. The van der Waals surface area contributed by atoms with Gasteiger partial charge in [-0.1, -0.05) is 48.5 Å². The van der Waals surface area contributed by atoms with Gasteiger partial charge in [-0.15, -0.1) is 0 Å². The van der Waals surface area contributed by atoms with Gasteiger partial charge >= 0.3 is 0 Å². The van der Waals surface area contributed by atoms with E-state index in [-0.39, 0.29) is 11.9 Å². The molecule has 3 rings (SSSR count). The van der Waals surface area contributed by atoms with Crippen LogP contribution in [0.25, 0.3) is 0 Å². The molecule has 0 spiro atoms. The second kappa shape index (κ2) is 7.78. The van der Waals surface area contributed by atoms with Gasteiger partial charge in [-0.3, -0.25) is 4.79 Å². The molecule has 2 aromatic carbocycles. The predicted molar refractivity (Wildman–Crippen MR) is 104 cm³/mol. The minimum Gasteiger partial charge on any atom is -0.344 e. The number of benzene rings is 2. The Labute approximate surface area is 153 Å². The fraction of sp³-hybridized carbons (Fsp3) is 0.190. The topological polar surface area (TPSA) is 66.9 Å². The Morgan fingerprint density at radius 2 is 1.62 bits per heavy atom. The van der Waals surface area contributed by atoms with Gasteiger partial charge in [0, 0.05) is 5.69 Å². The summed E-state index contributed by atoms with van der Waals surface area (Å²) in [6, 6.07) is 15.8. The first-order chi connectivity index (χ1) is 12.5. The molecule has 132 valence electrons. The van der Waals surface area contributed by atoms with E-state index >= 15 is 0 Å². The van der Waals surface area contributed by atoms with E-state index in [4.69, 9.17) is 0 Å². The molecule has 26 heavy (non-hydrogen) atoms. The van der Waals surface area contributed by atoms with Crippen LogP contribution < -0.4 is 10.6 Å². The molecule has 2 N–H and O–H groups in total. The summed E-state index contributed by atoms with van der Waals surface area (Å²) in [7, 11) is 0.